The molecule has 0 atom stereocenters. The van der Waals surface area contributed by atoms with E-state index in [-0.39, 0.29) is 11.0 Å². The van der Waals surface area contributed by atoms with Crippen molar-refractivity contribution in [1.29, 1.82) is 0 Å². The number of rotatable bonds is 7. The Labute approximate surface area is 153 Å². The molecule has 0 unspecified atom stereocenters. The third-order valence-electron chi connectivity index (χ3n) is 3.47. The molecule has 25 heavy (non-hydrogen) atoms. The molecule has 0 saturated carbocycles. The maximum atomic E-state index is 12.3. The highest BCUT2D eigenvalue weighted by Crippen LogP contribution is 2.22. The third-order valence-corrected chi connectivity index (χ3v) is 3.67. The normalized spacial score (nSPS) is 10.0. The Hall–Kier alpha value is -2.60. The zero-order valence-corrected chi connectivity index (χ0v) is 15.2. The molecule has 0 bridgehead atoms. The molecule has 0 aromatic heterocycles. The summed E-state index contributed by atoms with van der Waals surface area (Å²) >= 11 is 5.19. The second-order valence-electron chi connectivity index (χ2n) is 5.33. The van der Waals surface area contributed by atoms with Gasteiger partial charge >= 0.3 is 0 Å². The number of ether oxygens (including phenoxy) is 2. The lowest BCUT2D eigenvalue weighted by molar-refractivity contribution is 0.0977. The fourth-order valence-electron chi connectivity index (χ4n) is 2.11. The Morgan fingerprint density at radius 2 is 1.84 bits per heavy atom. The van der Waals surface area contributed by atoms with Crippen LogP contribution in [0.5, 0.6) is 11.5 Å². The lowest BCUT2D eigenvalue weighted by Gasteiger charge is -2.12. The van der Waals surface area contributed by atoms with Crippen LogP contribution in [0.2, 0.25) is 0 Å². The van der Waals surface area contributed by atoms with Crippen LogP contribution >= 0.6 is 12.2 Å². The molecule has 0 heterocycles. The van der Waals surface area contributed by atoms with E-state index in [9.17, 15) is 4.79 Å². The van der Waals surface area contributed by atoms with Gasteiger partial charge in [0.25, 0.3) is 5.91 Å². The summed E-state index contributed by atoms with van der Waals surface area (Å²) in [4.78, 5) is 12.3. The minimum atomic E-state index is -0.285. The van der Waals surface area contributed by atoms with Gasteiger partial charge in [-0.1, -0.05) is 25.5 Å². The first-order valence-corrected chi connectivity index (χ1v) is 8.53. The fraction of sp³-hybridized carbons (Fsp3) is 0.263. The molecule has 1 amide bonds. The van der Waals surface area contributed by atoms with Gasteiger partial charge in [0.1, 0.15) is 11.5 Å². The Morgan fingerprint density at radius 1 is 1.12 bits per heavy atom. The van der Waals surface area contributed by atoms with Crippen LogP contribution in [0.15, 0.2) is 48.5 Å². The number of hydrogen-bond acceptors (Lipinski definition) is 4. The number of thiocarbonyl (C=S) groups is 1. The summed E-state index contributed by atoms with van der Waals surface area (Å²) in [6.45, 7) is 2.79. The number of carbonyl (C=O) groups excluding carboxylic acids is 1. The van der Waals surface area contributed by atoms with Gasteiger partial charge in [0.15, 0.2) is 5.11 Å². The van der Waals surface area contributed by atoms with Crippen LogP contribution < -0.4 is 20.1 Å². The molecule has 0 aliphatic carbocycles. The molecule has 2 rings (SSSR count). The van der Waals surface area contributed by atoms with Crippen molar-refractivity contribution in [2.75, 3.05) is 19.0 Å². The maximum absolute atomic E-state index is 12.3. The standard InChI is InChI=1S/C19H22N2O3S/c1-3-4-13-24-15-11-9-14(10-12-15)18(22)21-19(25)20-16-7-5-6-8-17(16)23-2/h5-12H,3-4,13H2,1-2H3,(H2,20,21,22,25). The van der Waals surface area contributed by atoms with Gasteiger partial charge in [-0.25, -0.2) is 0 Å². The highest BCUT2D eigenvalue weighted by atomic mass is 32.1. The summed E-state index contributed by atoms with van der Waals surface area (Å²) in [6, 6.07) is 14.3. The smallest absolute Gasteiger partial charge is 0.257 e. The molecule has 0 fully saturated rings. The van der Waals surface area contributed by atoms with E-state index in [0.29, 0.717) is 23.6 Å². The molecular formula is C19H22N2O3S. The number of hydrogen-bond donors (Lipinski definition) is 2. The molecule has 0 saturated heterocycles. The maximum Gasteiger partial charge on any atom is 0.257 e. The van der Waals surface area contributed by atoms with Crippen molar-refractivity contribution in [3.63, 3.8) is 0 Å². The van der Waals surface area contributed by atoms with Crippen LogP contribution in [-0.2, 0) is 0 Å². The molecular weight excluding hydrogens is 336 g/mol. The summed E-state index contributed by atoms with van der Waals surface area (Å²) in [5.41, 5.74) is 1.20. The van der Waals surface area contributed by atoms with E-state index in [1.165, 1.54) is 0 Å². The van der Waals surface area contributed by atoms with Crippen molar-refractivity contribution < 1.29 is 14.3 Å². The number of unbranched alkanes of at least 4 members (excludes halogenated alkanes) is 1. The van der Waals surface area contributed by atoms with Crippen molar-refractivity contribution in [1.82, 2.24) is 5.32 Å². The fourth-order valence-corrected chi connectivity index (χ4v) is 2.32. The topological polar surface area (TPSA) is 59.6 Å². The number of benzene rings is 2. The van der Waals surface area contributed by atoms with E-state index >= 15 is 0 Å². The molecule has 2 aromatic carbocycles. The first-order valence-electron chi connectivity index (χ1n) is 8.12. The van der Waals surface area contributed by atoms with E-state index in [1.807, 2.05) is 24.3 Å². The van der Waals surface area contributed by atoms with Crippen molar-refractivity contribution >= 4 is 28.9 Å². The van der Waals surface area contributed by atoms with E-state index < -0.39 is 0 Å². The van der Waals surface area contributed by atoms with E-state index in [4.69, 9.17) is 21.7 Å². The van der Waals surface area contributed by atoms with Gasteiger partial charge < -0.3 is 14.8 Å². The zero-order valence-electron chi connectivity index (χ0n) is 14.4. The van der Waals surface area contributed by atoms with Crippen LogP contribution in [-0.4, -0.2) is 24.7 Å². The Bertz CT molecular complexity index is 717. The van der Waals surface area contributed by atoms with Crippen molar-refractivity contribution in [3.05, 3.63) is 54.1 Å². The van der Waals surface area contributed by atoms with Crippen molar-refractivity contribution in [2.24, 2.45) is 0 Å². The van der Waals surface area contributed by atoms with Crippen LogP contribution in [0.4, 0.5) is 5.69 Å². The summed E-state index contributed by atoms with van der Waals surface area (Å²) in [5, 5.41) is 5.82. The average Bonchev–Trinajstić information content (AvgIpc) is 2.63. The largest absolute Gasteiger partial charge is 0.495 e. The Morgan fingerprint density at radius 3 is 2.52 bits per heavy atom. The summed E-state index contributed by atoms with van der Waals surface area (Å²) in [6.07, 6.45) is 2.09. The highest BCUT2D eigenvalue weighted by molar-refractivity contribution is 7.80. The molecule has 2 aromatic rings. The zero-order chi connectivity index (χ0) is 18.1. The SMILES string of the molecule is CCCCOc1ccc(C(=O)NC(=S)Nc2ccccc2OC)cc1. The second kappa shape index (κ2) is 9.64. The molecule has 5 nitrogen and oxygen atoms in total. The van der Waals surface area contributed by atoms with E-state index in [0.717, 1.165) is 18.6 Å². The van der Waals surface area contributed by atoms with E-state index in [1.54, 1.807) is 31.4 Å². The first kappa shape index (κ1) is 18.7. The first-order chi connectivity index (χ1) is 12.1. The number of para-hydroxylation sites is 2. The van der Waals surface area contributed by atoms with Gasteiger partial charge in [-0.05, 0) is 55.0 Å². The van der Waals surface area contributed by atoms with Gasteiger partial charge in [0.2, 0.25) is 0 Å². The number of anilines is 1. The minimum absolute atomic E-state index is 0.206. The van der Waals surface area contributed by atoms with Gasteiger partial charge in [-0.2, -0.15) is 0 Å². The summed E-state index contributed by atoms with van der Waals surface area (Å²) < 4.78 is 10.8. The molecule has 0 radical (unpaired) electrons. The second-order valence-corrected chi connectivity index (χ2v) is 5.74. The van der Waals surface area contributed by atoms with Gasteiger partial charge in [-0.3, -0.25) is 10.1 Å². The lowest BCUT2D eigenvalue weighted by atomic mass is 10.2. The molecule has 132 valence electrons. The number of nitrogens with one attached hydrogen (secondary N) is 2. The van der Waals surface area contributed by atoms with Crippen molar-refractivity contribution in [3.8, 4) is 11.5 Å². The number of carbonyl (C=O) groups is 1. The summed E-state index contributed by atoms with van der Waals surface area (Å²) in [5.74, 6) is 1.11. The van der Waals surface area contributed by atoms with Crippen LogP contribution in [0.3, 0.4) is 0 Å². The Balaban J connectivity index is 1.91. The predicted molar refractivity (Wildman–Crippen MR) is 104 cm³/mol. The number of amides is 1. The van der Waals surface area contributed by atoms with E-state index in [2.05, 4.69) is 17.6 Å². The quantitative estimate of drug-likeness (QED) is 0.579. The van der Waals surface area contributed by atoms with Gasteiger partial charge in [0.05, 0.1) is 19.4 Å². The summed E-state index contributed by atoms with van der Waals surface area (Å²) in [7, 11) is 1.58. The average molecular weight is 358 g/mol. The molecule has 0 aliphatic heterocycles. The third kappa shape index (κ3) is 5.76. The number of methoxy groups -OCH3 is 1. The van der Waals surface area contributed by atoms with Crippen LogP contribution in [0, 0.1) is 0 Å². The van der Waals surface area contributed by atoms with Crippen molar-refractivity contribution in [2.45, 2.75) is 19.8 Å². The lowest BCUT2D eigenvalue weighted by Crippen LogP contribution is -2.34. The van der Waals surface area contributed by atoms with Crippen LogP contribution in [0.1, 0.15) is 30.1 Å². The predicted octanol–water partition coefficient (Wildman–Crippen LogP) is 4.00. The highest BCUT2D eigenvalue weighted by Gasteiger charge is 2.10. The van der Waals surface area contributed by atoms with Crippen LogP contribution in [0.25, 0.3) is 0 Å². The molecule has 2 N–H and O–H groups in total. The monoisotopic (exact) mass is 358 g/mol. The minimum Gasteiger partial charge on any atom is -0.495 e. The van der Waals surface area contributed by atoms with Gasteiger partial charge in [0, 0.05) is 5.56 Å². The molecule has 0 aliphatic rings. The molecule has 6 heteroatoms. The Kier molecular flexibility index (Phi) is 7.22. The van der Waals surface area contributed by atoms with Gasteiger partial charge in [-0.15, -0.1) is 0 Å². The molecule has 0 spiro atoms.